The predicted molar refractivity (Wildman–Crippen MR) is 92.4 cm³/mol. The molecular weight excluding hydrogens is 319 g/mol. The van der Waals surface area contributed by atoms with E-state index in [9.17, 15) is 4.79 Å². The summed E-state index contributed by atoms with van der Waals surface area (Å²) in [5, 5.41) is 4.59. The fraction of sp³-hybridized carbons (Fsp3) is 0.588. The highest BCUT2D eigenvalue weighted by atomic mass is 35.5. The average molecular weight is 343 g/mol. The lowest BCUT2D eigenvalue weighted by Crippen LogP contribution is -2.44. The Morgan fingerprint density at radius 2 is 2.09 bits per heavy atom. The van der Waals surface area contributed by atoms with E-state index in [0.29, 0.717) is 16.6 Å². The van der Waals surface area contributed by atoms with E-state index >= 15 is 0 Å². The lowest BCUT2D eigenvalue weighted by Gasteiger charge is -2.32. The van der Waals surface area contributed by atoms with Crippen LogP contribution in [0.4, 0.5) is 0 Å². The molecule has 0 radical (unpaired) electrons. The van der Waals surface area contributed by atoms with Gasteiger partial charge in [-0.15, -0.1) is 0 Å². The van der Waals surface area contributed by atoms with E-state index in [1.165, 1.54) is 0 Å². The third kappa shape index (κ3) is 4.15. The molecule has 1 aliphatic heterocycles. The summed E-state index contributed by atoms with van der Waals surface area (Å²) in [6.07, 6.45) is 2.75. The third-order valence-electron chi connectivity index (χ3n) is 4.45. The highest BCUT2D eigenvalue weighted by Crippen LogP contribution is 2.25. The van der Waals surface area contributed by atoms with E-state index in [1.807, 2.05) is 17.0 Å². The zero-order valence-corrected chi connectivity index (χ0v) is 14.8. The fourth-order valence-electron chi connectivity index (χ4n) is 3.00. The normalized spacial score (nSPS) is 18.0. The smallest absolute Gasteiger partial charge is 0.226 e. The minimum atomic E-state index is 0.0895. The number of carbonyl (C=O) groups is 1. The van der Waals surface area contributed by atoms with Gasteiger partial charge in [0.05, 0.1) is 0 Å². The number of benzene rings is 1. The number of carbonyl (C=O) groups excluding carboxylic acids is 1. The highest BCUT2D eigenvalue weighted by Gasteiger charge is 2.30. The van der Waals surface area contributed by atoms with E-state index in [1.54, 1.807) is 6.07 Å². The Hall–Kier alpha value is -0.770. The van der Waals surface area contributed by atoms with Crippen molar-refractivity contribution < 1.29 is 4.79 Å². The number of hydrogen-bond donors (Lipinski definition) is 1. The van der Waals surface area contributed by atoms with Crippen LogP contribution in [-0.4, -0.2) is 29.9 Å². The lowest BCUT2D eigenvalue weighted by molar-refractivity contribution is -0.138. The molecule has 0 aliphatic carbocycles. The second kappa shape index (κ2) is 8.19. The second-order valence-corrected chi connectivity index (χ2v) is 6.71. The number of nitrogens with zero attached hydrogens (tertiary/aromatic N) is 1. The molecule has 0 saturated carbocycles. The molecule has 1 fully saturated rings. The molecule has 0 unspecified atom stereocenters. The standard InChI is InChI=1S/C17H24Cl2N2O/c1-3-12(4-2)17(22)21(15-7-8-20-10-15)11-13-5-6-14(18)9-16(13)19/h5-6,9,12,15,20H,3-4,7-8,10-11H2,1-2H3/t15-/m0/s1. The molecule has 122 valence electrons. The summed E-state index contributed by atoms with van der Waals surface area (Å²) in [6.45, 7) is 6.53. The summed E-state index contributed by atoms with van der Waals surface area (Å²) in [6, 6.07) is 5.74. The Morgan fingerprint density at radius 1 is 1.36 bits per heavy atom. The molecule has 5 heteroatoms. The molecule has 2 rings (SSSR count). The number of halogens is 2. The molecule has 0 aromatic heterocycles. The predicted octanol–water partition coefficient (Wildman–Crippen LogP) is 4.12. The Morgan fingerprint density at radius 3 is 2.64 bits per heavy atom. The van der Waals surface area contributed by atoms with Crippen molar-refractivity contribution in [3.63, 3.8) is 0 Å². The number of nitrogens with one attached hydrogen (secondary N) is 1. The maximum Gasteiger partial charge on any atom is 0.226 e. The first kappa shape index (κ1) is 17.6. The van der Waals surface area contributed by atoms with E-state index in [2.05, 4.69) is 19.2 Å². The van der Waals surface area contributed by atoms with Crippen LogP contribution in [0.5, 0.6) is 0 Å². The van der Waals surface area contributed by atoms with Crippen LogP contribution in [0, 0.1) is 5.92 Å². The maximum absolute atomic E-state index is 12.9. The number of amides is 1. The van der Waals surface area contributed by atoms with Crippen LogP contribution in [0.2, 0.25) is 10.0 Å². The molecule has 1 saturated heterocycles. The van der Waals surface area contributed by atoms with Crippen LogP contribution in [0.3, 0.4) is 0 Å². The summed E-state index contributed by atoms with van der Waals surface area (Å²) in [5.41, 5.74) is 0.956. The third-order valence-corrected chi connectivity index (χ3v) is 5.04. The van der Waals surface area contributed by atoms with Gasteiger partial charge in [-0.2, -0.15) is 0 Å². The highest BCUT2D eigenvalue weighted by molar-refractivity contribution is 6.35. The molecule has 1 aromatic carbocycles. The quantitative estimate of drug-likeness (QED) is 0.843. The van der Waals surface area contributed by atoms with Crippen molar-refractivity contribution in [2.45, 2.75) is 45.7 Å². The van der Waals surface area contributed by atoms with Crippen LogP contribution >= 0.6 is 23.2 Å². The van der Waals surface area contributed by atoms with Crippen LogP contribution < -0.4 is 5.32 Å². The molecule has 0 spiro atoms. The largest absolute Gasteiger partial charge is 0.334 e. The van der Waals surface area contributed by atoms with Crippen molar-refractivity contribution in [1.29, 1.82) is 0 Å². The van der Waals surface area contributed by atoms with Gasteiger partial charge in [-0.1, -0.05) is 43.1 Å². The van der Waals surface area contributed by atoms with Gasteiger partial charge < -0.3 is 10.2 Å². The lowest BCUT2D eigenvalue weighted by atomic mass is 9.99. The number of rotatable bonds is 6. The Labute approximate surface area is 143 Å². The SMILES string of the molecule is CCC(CC)C(=O)N(Cc1ccc(Cl)cc1Cl)[C@H]1CCNC1. The van der Waals surface area contributed by atoms with Gasteiger partial charge in [0.1, 0.15) is 0 Å². The first-order chi connectivity index (χ1) is 10.6. The van der Waals surface area contributed by atoms with E-state index in [0.717, 1.165) is 37.9 Å². The van der Waals surface area contributed by atoms with Gasteiger partial charge in [0.15, 0.2) is 0 Å². The summed E-state index contributed by atoms with van der Waals surface area (Å²) in [4.78, 5) is 14.9. The van der Waals surface area contributed by atoms with Crippen molar-refractivity contribution >= 4 is 29.1 Å². The number of hydrogen-bond acceptors (Lipinski definition) is 2. The maximum atomic E-state index is 12.9. The van der Waals surface area contributed by atoms with Crippen molar-refractivity contribution in [1.82, 2.24) is 10.2 Å². The van der Waals surface area contributed by atoms with Crippen molar-refractivity contribution in [2.75, 3.05) is 13.1 Å². The minimum Gasteiger partial charge on any atom is -0.334 e. The van der Waals surface area contributed by atoms with Crippen LogP contribution in [0.15, 0.2) is 18.2 Å². The minimum absolute atomic E-state index is 0.0895. The second-order valence-electron chi connectivity index (χ2n) is 5.86. The van der Waals surface area contributed by atoms with E-state index in [-0.39, 0.29) is 17.9 Å². The molecule has 1 aliphatic rings. The summed E-state index contributed by atoms with van der Waals surface area (Å²) >= 11 is 12.3. The van der Waals surface area contributed by atoms with Crippen molar-refractivity contribution in [3.8, 4) is 0 Å². The average Bonchev–Trinajstić information content (AvgIpc) is 3.01. The zero-order chi connectivity index (χ0) is 16.1. The monoisotopic (exact) mass is 342 g/mol. The van der Waals surface area contributed by atoms with Gasteiger partial charge in [-0.25, -0.2) is 0 Å². The molecule has 0 bridgehead atoms. The first-order valence-electron chi connectivity index (χ1n) is 8.01. The van der Waals surface area contributed by atoms with Gasteiger partial charge >= 0.3 is 0 Å². The molecular formula is C17H24Cl2N2O. The summed E-state index contributed by atoms with van der Waals surface area (Å²) < 4.78 is 0. The van der Waals surface area contributed by atoms with Crippen molar-refractivity contribution in [3.05, 3.63) is 33.8 Å². The molecule has 1 aromatic rings. The molecule has 1 atom stereocenters. The fourth-order valence-corrected chi connectivity index (χ4v) is 3.47. The van der Waals surface area contributed by atoms with Gasteiger partial charge in [-0.3, -0.25) is 4.79 Å². The summed E-state index contributed by atoms with van der Waals surface area (Å²) in [5.74, 6) is 0.330. The topological polar surface area (TPSA) is 32.3 Å². The van der Waals surface area contributed by atoms with E-state index in [4.69, 9.17) is 23.2 Å². The zero-order valence-electron chi connectivity index (χ0n) is 13.2. The summed E-state index contributed by atoms with van der Waals surface area (Å²) in [7, 11) is 0. The van der Waals surface area contributed by atoms with Gasteiger partial charge in [0.2, 0.25) is 5.91 Å². The molecule has 1 heterocycles. The van der Waals surface area contributed by atoms with Crippen molar-refractivity contribution in [2.24, 2.45) is 5.92 Å². The molecule has 3 nitrogen and oxygen atoms in total. The molecule has 22 heavy (non-hydrogen) atoms. The van der Waals surface area contributed by atoms with Gasteiger partial charge in [0.25, 0.3) is 0 Å². The van der Waals surface area contributed by atoms with Crippen LogP contribution in [0.1, 0.15) is 38.7 Å². The molecule has 1 N–H and O–H groups in total. The van der Waals surface area contributed by atoms with E-state index < -0.39 is 0 Å². The Balaban J connectivity index is 2.22. The Bertz CT molecular complexity index is 511. The first-order valence-corrected chi connectivity index (χ1v) is 8.77. The van der Waals surface area contributed by atoms with Gasteiger partial charge in [0, 0.05) is 35.1 Å². The van der Waals surface area contributed by atoms with Crippen LogP contribution in [-0.2, 0) is 11.3 Å². The van der Waals surface area contributed by atoms with Gasteiger partial charge in [-0.05, 0) is 43.5 Å². The molecule has 1 amide bonds. The Kier molecular flexibility index (Phi) is 6.54. The van der Waals surface area contributed by atoms with Crippen LogP contribution in [0.25, 0.3) is 0 Å².